The summed E-state index contributed by atoms with van der Waals surface area (Å²) >= 11 is 0. The average Bonchev–Trinajstić information content (AvgIpc) is 2.35. The van der Waals surface area contributed by atoms with Crippen molar-refractivity contribution >= 4 is 22.7 Å². The number of hydrogen-bond donors (Lipinski definition) is 4. The van der Waals surface area contributed by atoms with Gasteiger partial charge in [-0.25, -0.2) is 0 Å². The van der Waals surface area contributed by atoms with Crippen LogP contribution in [0.5, 0.6) is 0 Å². The molecule has 2 aromatic carbocycles. The lowest BCUT2D eigenvalue weighted by atomic mass is 10.0. The minimum absolute atomic E-state index is 0.0807. The predicted molar refractivity (Wildman–Crippen MR) is 78.2 cm³/mol. The van der Waals surface area contributed by atoms with Crippen LogP contribution in [0.3, 0.4) is 0 Å². The normalized spacial score (nSPS) is 12.1. The van der Waals surface area contributed by atoms with Crippen LogP contribution < -0.4 is 22.5 Å². The van der Waals surface area contributed by atoms with Gasteiger partial charge in [-0.1, -0.05) is 0 Å². The first kappa shape index (κ1) is 12.1. The molecule has 1 unspecified atom stereocenters. The Morgan fingerprint density at radius 3 is 2.17 bits per heavy atom. The molecule has 4 heteroatoms. The summed E-state index contributed by atoms with van der Waals surface area (Å²) in [6.45, 7) is 2.04. The van der Waals surface area contributed by atoms with Crippen LogP contribution in [-0.4, -0.2) is 0 Å². The first-order valence-corrected chi connectivity index (χ1v) is 5.83. The van der Waals surface area contributed by atoms with Crippen molar-refractivity contribution in [2.24, 2.45) is 0 Å². The molecule has 0 heterocycles. The molecule has 0 fully saturated rings. The van der Waals surface area contributed by atoms with Gasteiger partial charge in [0.2, 0.25) is 0 Å². The van der Waals surface area contributed by atoms with Crippen molar-refractivity contribution in [3.05, 3.63) is 48.0 Å². The second-order valence-electron chi connectivity index (χ2n) is 4.38. The number of nitrogens with one attached hydrogen (secondary N) is 1. The molecule has 0 aliphatic rings. The molecule has 0 amide bonds. The second kappa shape index (κ2) is 4.87. The van der Waals surface area contributed by atoms with E-state index in [2.05, 4.69) is 5.32 Å². The Morgan fingerprint density at radius 1 is 0.889 bits per heavy atom. The van der Waals surface area contributed by atoms with E-state index >= 15 is 0 Å². The summed E-state index contributed by atoms with van der Waals surface area (Å²) in [6.07, 6.45) is 0. The van der Waals surface area contributed by atoms with E-state index in [1.807, 2.05) is 43.3 Å². The minimum atomic E-state index is 0.0807. The number of nitrogen functional groups attached to an aromatic ring is 3. The summed E-state index contributed by atoms with van der Waals surface area (Å²) in [5.74, 6) is 0. The van der Waals surface area contributed by atoms with Gasteiger partial charge in [0.25, 0.3) is 0 Å². The smallest absolute Gasteiger partial charge is 0.0506 e. The van der Waals surface area contributed by atoms with Crippen LogP contribution in [0, 0.1) is 0 Å². The van der Waals surface area contributed by atoms with E-state index < -0.39 is 0 Å². The summed E-state index contributed by atoms with van der Waals surface area (Å²) in [6, 6.07) is 13.2. The van der Waals surface area contributed by atoms with Crippen molar-refractivity contribution in [2.45, 2.75) is 13.0 Å². The molecule has 7 N–H and O–H groups in total. The highest BCUT2D eigenvalue weighted by Crippen LogP contribution is 2.26. The zero-order valence-electron chi connectivity index (χ0n) is 10.4. The van der Waals surface area contributed by atoms with Crippen molar-refractivity contribution in [1.29, 1.82) is 0 Å². The van der Waals surface area contributed by atoms with Gasteiger partial charge in [-0.15, -0.1) is 0 Å². The fraction of sp³-hybridized carbons (Fsp3) is 0.143. The summed E-state index contributed by atoms with van der Waals surface area (Å²) < 4.78 is 0. The number of rotatable bonds is 3. The second-order valence-corrected chi connectivity index (χ2v) is 4.38. The first-order chi connectivity index (χ1) is 8.56. The summed E-state index contributed by atoms with van der Waals surface area (Å²) in [7, 11) is 0. The lowest BCUT2D eigenvalue weighted by Crippen LogP contribution is -2.09. The van der Waals surface area contributed by atoms with E-state index in [0.29, 0.717) is 5.69 Å². The highest BCUT2D eigenvalue weighted by Gasteiger charge is 2.09. The Kier molecular flexibility index (Phi) is 3.28. The van der Waals surface area contributed by atoms with Crippen LogP contribution in [-0.2, 0) is 0 Å². The van der Waals surface area contributed by atoms with Crippen LogP contribution in [0.25, 0.3) is 0 Å². The number of benzene rings is 2. The molecule has 0 aromatic heterocycles. The Balaban J connectivity index is 2.18. The van der Waals surface area contributed by atoms with Gasteiger partial charge in [0.05, 0.1) is 6.04 Å². The van der Waals surface area contributed by atoms with Gasteiger partial charge in [-0.2, -0.15) is 0 Å². The van der Waals surface area contributed by atoms with E-state index in [-0.39, 0.29) is 6.04 Å². The standard InChI is InChI=1S/C14H18N4/c1-9(13-8-11(16)4-7-14(13)17)18-12-5-2-10(15)3-6-12/h2-9,18H,15-17H2,1H3. The Morgan fingerprint density at radius 2 is 1.50 bits per heavy atom. The van der Waals surface area contributed by atoms with Crippen molar-refractivity contribution in [1.82, 2.24) is 0 Å². The molecule has 0 radical (unpaired) electrons. The highest BCUT2D eigenvalue weighted by atomic mass is 14.9. The minimum Gasteiger partial charge on any atom is -0.399 e. The Bertz CT molecular complexity index is 534. The molecule has 0 bridgehead atoms. The van der Waals surface area contributed by atoms with Crippen LogP contribution >= 0.6 is 0 Å². The molecular formula is C14H18N4. The summed E-state index contributed by atoms with van der Waals surface area (Å²) in [5, 5.41) is 3.36. The van der Waals surface area contributed by atoms with Crippen molar-refractivity contribution < 1.29 is 0 Å². The number of anilines is 4. The third-order valence-corrected chi connectivity index (χ3v) is 2.87. The summed E-state index contributed by atoms with van der Waals surface area (Å²) in [5.41, 5.74) is 21.6. The van der Waals surface area contributed by atoms with Gasteiger partial charge in [-0.3, -0.25) is 0 Å². The zero-order chi connectivity index (χ0) is 13.1. The molecule has 0 aliphatic carbocycles. The van der Waals surface area contributed by atoms with Crippen LogP contribution in [0.1, 0.15) is 18.5 Å². The number of hydrogen-bond acceptors (Lipinski definition) is 4. The molecular weight excluding hydrogens is 224 g/mol. The Hall–Kier alpha value is -2.36. The summed E-state index contributed by atoms with van der Waals surface area (Å²) in [4.78, 5) is 0. The number of nitrogens with two attached hydrogens (primary N) is 3. The van der Waals surface area contributed by atoms with Gasteiger partial charge < -0.3 is 22.5 Å². The SMILES string of the molecule is CC(Nc1ccc(N)cc1)c1cc(N)ccc1N. The molecule has 4 nitrogen and oxygen atoms in total. The maximum Gasteiger partial charge on any atom is 0.0506 e. The largest absolute Gasteiger partial charge is 0.399 e. The first-order valence-electron chi connectivity index (χ1n) is 5.83. The predicted octanol–water partition coefficient (Wildman–Crippen LogP) is 2.61. The highest BCUT2D eigenvalue weighted by molar-refractivity contribution is 5.59. The van der Waals surface area contributed by atoms with Gasteiger partial charge in [-0.05, 0) is 55.0 Å². The third-order valence-electron chi connectivity index (χ3n) is 2.87. The van der Waals surface area contributed by atoms with Gasteiger partial charge in [0.1, 0.15) is 0 Å². The van der Waals surface area contributed by atoms with Crippen molar-refractivity contribution in [2.75, 3.05) is 22.5 Å². The Labute approximate surface area is 107 Å². The van der Waals surface area contributed by atoms with E-state index in [9.17, 15) is 0 Å². The fourth-order valence-electron chi connectivity index (χ4n) is 1.88. The molecule has 94 valence electrons. The van der Waals surface area contributed by atoms with Gasteiger partial charge in [0, 0.05) is 22.7 Å². The quantitative estimate of drug-likeness (QED) is 0.623. The van der Waals surface area contributed by atoms with E-state index in [1.165, 1.54) is 0 Å². The topological polar surface area (TPSA) is 90.1 Å². The maximum atomic E-state index is 5.95. The molecule has 0 aliphatic heterocycles. The third kappa shape index (κ3) is 2.66. The lowest BCUT2D eigenvalue weighted by Gasteiger charge is -2.18. The van der Waals surface area contributed by atoms with E-state index in [4.69, 9.17) is 17.2 Å². The van der Waals surface area contributed by atoms with Crippen LogP contribution in [0.15, 0.2) is 42.5 Å². The molecule has 0 spiro atoms. The van der Waals surface area contributed by atoms with Gasteiger partial charge in [0.15, 0.2) is 0 Å². The monoisotopic (exact) mass is 242 g/mol. The molecule has 2 aromatic rings. The van der Waals surface area contributed by atoms with E-state index in [0.717, 1.165) is 22.6 Å². The van der Waals surface area contributed by atoms with E-state index in [1.54, 1.807) is 6.07 Å². The average molecular weight is 242 g/mol. The zero-order valence-corrected chi connectivity index (χ0v) is 10.4. The molecule has 2 rings (SSSR count). The maximum absolute atomic E-state index is 5.95. The van der Waals surface area contributed by atoms with Crippen LogP contribution in [0.2, 0.25) is 0 Å². The molecule has 0 saturated carbocycles. The molecule has 0 saturated heterocycles. The van der Waals surface area contributed by atoms with Gasteiger partial charge >= 0.3 is 0 Å². The van der Waals surface area contributed by atoms with Crippen LogP contribution in [0.4, 0.5) is 22.7 Å². The van der Waals surface area contributed by atoms with Crippen molar-refractivity contribution in [3.63, 3.8) is 0 Å². The lowest BCUT2D eigenvalue weighted by molar-refractivity contribution is 0.889. The van der Waals surface area contributed by atoms with Crippen molar-refractivity contribution in [3.8, 4) is 0 Å². The fourth-order valence-corrected chi connectivity index (χ4v) is 1.88. The molecule has 18 heavy (non-hydrogen) atoms. The molecule has 1 atom stereocenters.